The second kappa shape index (κ2) is 10.2. The van der Waals surface area contributed by atoms with E-state index >= 15 is 0 Å². The fourth-order valence-electron chi connectivity index (χ4n) is 4.45. The molecule has 190 valence electrons. The first-order valence-electron chi connectivity index (χ1n) is 11.7. The minimum absolute atomic E-state index is 0.110. The second-order valence-corrected chi connectivity index (χ2v) is 11.1. The van der Waals surface area contributed by atoms with Crippen LogP contribution < -0.4 is 5.32 Å². The van der Waals surface area contributed by atoms with E-state index in [2.05, 4.69) is 5.32 Å². The van der Waals surface area contributed by atoms with E-state index in [4.69, 9.17) is 16.3 Å². The lowest BCUT2D eigenvalue weighted by Crippen LogP contribution is -2.40. The molecular formula is C27H23ClN2O6S. The minimum Gasteiger partial charge on any atom is -0.379 e. The number of fused-ring (bicyclic) bond motifs is 2. The Balaban J connectivity index is 1.25. The number of ether oxygens (including phenoxy) is 1. The van der Waals surface area contributed by atoms with Crippen LogP contribution in [0.1, 0.15) is 43.8 Å². The predicted octanol–water partition coefficient (Wildman–Crippen LogP) is 3.71. The summed E-state index contributed by atoms with van der Waals surface area (Å²) in [5.74, 6) is -0.921. The van der Waals surface area contributed by atoms with Gasteiger partial charge in [0.05, 0.1) is 28.8 Å². The number of ketones is 2. The predicted molar refractivity (Wildman–Crippen MR) is 138 cm³/mol. The molecule has 0 bridgehead atoms. The van der Waals surface area contributed by atoms with Crippen LogP contribution in [-0.4, -0.2) is 56.5 Å². The maximum Gasteiger partial charge on any atom is 0.243 e. The number of hydrogen-bond acceptors (Lipinski definition) is 6. The van der Waals surface area contributed by atoms with Gasteiger partial charge in [-0.3, -0.25) is 14.4 Å². The molecule has 1 aliphatic carbocycles. The van der Waals surface area contributed by atoms with Crippen molar-refractivity contribution in [1.29, 1.82) is 0 Å². The summed E-state index contributed by atoms with van der Waals surface area (Å²) in [6.07, 6.45) is 0.482. The van der Waals surface area contributed by atoms with Gasteiger partial charge in [0.25, 0.3) is 0 Å². The lowest BCUT2D eigenvalue weighted by Gasteiger charge is -2.26. The molecule has 0 aromatic heterocycles. The van der Waals surface area contributed by atoms with Gasteiger partial charge in [0.1, 0.15) is 0 Å². The molecule has 37 heavy (non-hydrogen) atoms. The molecule has 0 radical (unpaired) electrons. The van der Waals surface area contributed by atoms with Crippen molar-refractivity contribution >= 4 is 44.8 Å². The largest absolute Gasteiger partial charge is 0.379 e. The first-order valence-corrected chi connectivity index (χ1v) is 13.6. The summed E-state index contributed by atoms with van der Waals surface area (Å²) >= 11 is 6.34. The van der Waals surface area contributed by atoms with Crippen molar-refractivity contribution < 1.29 is 27.5 Å². The van der Waals surface area contributed by atoms with Gasteiger partial charge in [-0.15, -0.1) is 0 Å². The van der Waals surface area contributed by atoms with Gasteiger partial charge in [0.2, 0.25) is 15.9 Å². The number of rotatable bonds is 6. The molecule has 1 amide bonds. The molecule has 5 rings (SSSR count). The van der Waals surface area contributed by atoms with E-state index in [1.165, 1.54) is 16.4 Å². The Morgan fingerprint density at radius 1 is 0.892 bits per heavy atom. The van der Waals surface area contributed by atoms with E-state index in [0.717, 1.165) is 5.56 Å². The van der Waals surface area contributed by atoms with Gasteiger partial charge in [-0.25, -0.2) is 8.42 Å². The third-order valence-electron chi connectivity index (χ3n) is 6.46. The van der Waals surface area contributed by atoms with Crippen molar-refractivity contribution in [3.63, 3.8) is 0 Å². The Labute approximate surface area is 219 Å². The number of morpholine rings is 1. The molecule has 10 heteroatoms. The number of aryl methyl sites for hydroxylation is 1. The molecule has 0 unspecified atom stereocenters. The molecule has 8 nitrogen and oxygen atoms in total. The van der Waals surface area contributed by atoms with Gasteiger partial charge in [-0.1, -0.05) is 48.0 Å². The van der Waals surface area contributed by atoms with Crippen LogP contribution in [0.3, 0.4) is 0 Å². The van der Waals surface area contributed by atoms with Crippen molar-refractivity contribution in [2.24, 2.45) is 0 Å². The first kappa shape index (κ1) is 25.3. The van der Waals surface area contributed by atoms with Crippen LogP contribution in [0, 0.1) is 0 Å². The quantitative estimate of drug-likeness (QED) is 0.401. The highest BCUT2D eigenvalue weighted by molar-refractivity contribution is 7.89. The highest BCUT2D eigenvalue weighted by atomic mass is 35.5. The van der Waals surface area contributed by atoms with Crippen LogP contribution in [0.25, 0.3) is 0 Å². The Kier molecular flexibility index (Phi) is 6.96. The number of sulfonamides is 1. The van der Waals surface area contributed by atoms with Crippen molar-refractivity contribution in [3.8, 4) is 0 Å². The van der Waals surface area contributed by atoms with E-state index in [1.54, 1.807) is 48.5 Å². The van der Waals surface area contributed by atoms with Crippen molar-refractivity contribution in [2.75, 3.05) is 31.6 Å². The Hall–Kier alpha value is -3.37. The maximum absolute atomic E-state index is 13.0. The number of nitrogens with one attached hydrogen (secondary N) is 1. The average Bonchev–Trinajstić information content (AvgIpc) is 2.92. The number of nitrogens with zero attached hydrogens (tertiary/aromatic N) is 1. The summed E-state index contributed by atoms with van der Waals surface area (Å²) in [4.78, 5) is 38.6. The van der Waals surface area contributed by atoms with E-state index in [-0.39, 0.29) is 50.6 Å². The zero-order valence-corrected chi connectivity index (χ0v) is 21.3. The molecule has 1 heterocycles. The fourth-order valence-corrected chi connectivity index (χ4v) is 6.07. The zero-order valence-electron chi connectivity index (χ0n) is 19.7. The monoisotopic (exact) mass is 538 g/mol. The standard InChI is InChI=1S/C27H23ClN2O6S/c28-23-15-21-22(27(33)20-4-2-1-3-19(20)26(21)32)16-24(23)29-25(31)10-7-17-5-8-18(9-6-17)37(34,35)30-11-13-36-14-12-30/h1-6,8-9,15-16H,7,10-14H2,(H,29,31). The summed E-state index contributed by atoms with van der Waals surface area (Å²) in [6.45, 7) is 1.39. The number of hydrogen-bond donors (Lipinski definition) is 1. The van der Waals surface area contributed by atoms with Crippen LogP contribution in [0.2, 0.25) is 5.02 Å². The summed E-state index contributed by atoms with van der Waals surface area (Å²) in [5.41, 5.74) is 2.09. The van der Waals surface area contributed by atoms with Crippen LogP contribution in [0.15, 0.2) is 65.6 Å². The molecular weight excluding hydrogens is 516 g/mol. The molecule has 3 aromatic rings. The molecule has 3 aromatic carbocycles. The molecule has 0 spiro atoms. The Morgan fingerprint density at radius 2 is 1.49 bits per heavy atom. The molecule has 1 N–H and O–H groups in total. The first-order chi connectivity index (χ1) is 17.8. The van der Waals surface area contributed by atoms with Gasteiger partial charge in [-0.2, -0.15) is 4.31 Å². The third-order valence-corrected chi connectivity index (χ3v) is 8.68. The highest BCUT2D eigenvalue weighted by Crippen LogP contribution is 2.33. The molecule has 2 aliphatic rings. The zero-order chi connectivity index (χ0) is 26.2. The topological polar surface area (TPSA) is 110 Å². The third kappa shape index (κ3) is 4.95. The summed E-state index contributed by atoms with van der Waals surface area (Å²) < 4.78 is 32.1. The van der Waals surface area contributed by atoms with Crippen LogP contribution in [-0.2, 0) is 26.0 Å². The normalized spacial score (nSPS) is 15.7. The fraction of sp³-hybridized carbons (Fsp3) is 0.222. The van der Waals surface area contributed by atoms with Gasteiger partial charge >= 0.3 is 0 Å². The molecule has 1 fully saturated rings. The number of anilines is 1. The van der Waals surface area contributed by atoms with E-state index in [1.807, 2.05) is 0 Å². The summed E-state index contributed by atoms with van der Waals surface area (Å²) in [7, 11) is -3.58. The molecule has 0 saturated carbocycles. The highest BCUT2D eigenvalue weighted by Gasteiger charge is 2.30. The van der Waals surface area contributed by atoms with Crippen molar-refractivity contribution in [1.82, 2.24) is 4.31 Å². The van der Waals surface area contributed by atoms with E-state index < -0.39 is 10.0 Å². The number of halogens is 1. The summed E-state index contributed by atoms with van der Waals surface area (Å²) in [6, 6.07) is 15.9. The Morgan fingerprint density at radius 3 is 2.11 bits per heavy atom. The molecule has 1 saturated heterocycles. The van der Waals surface area contributed by atoms with Crippen LogP contribution in [0.4, 0.5) is 5.69 Å². The lowest BCUT2D eigenvalue weighted by molar-refractivity contribution is -0.116. The van der Waals surface area contributed by atoms with Gasteiger partial charge in [0.15, 0.2) is 11.6 Å². The van der Waals surface area contributed by atoms with E-state index in [0.29, 0.717) is 43.9 Å². The van der Waals surface area contributed by atoms with Gasteiger partial charge in [0, 0.05) is 41.8 Å². The molecule has 1 aliphatic heterocycles. The minimum atomic E-state index is -3.58. The SMILES string of the molecule is O=C(CCc1ccc(S(=O)(=O)N2CCOCC2)cc1)Nc1cc2c(cc1Cl)C(=O)c1ccccc1C2=O. The number of carbonyl (C=O) groups is 3. The van der Waals surface area contributed by atoms with Crippen molar-refractivity contribution in [3.05, 3.63) is 93.5 Å². The van der Waals surface area contributed by atoms with Crippen LogP contribution in [0.5, 0.6) is 0 Å². The maximum atomic E-state index is 13.0. The summed E-state index contributed by atoms with van der Waals surface area (Å²) in [5, 5.41) is 2.88. The number of amides is 1. The van der Waals surface area contributed by atoms with Crippen LogP contribution >= 0.6 is 11.6 Å². The van der Waals surface area contributed by atoms with Crippen molar-refractivity contribution in [2.45, 2.75) is 17.7 Å². The van der Waals surface area contributed by atoms with Gasteiger partial charge in [-0.05, 0) is 36.2 Å². The average molecular weight is 539 g/mol. The Bertz CT molecular complexity index is 1510. The van der Waals surface area contributed by atoms with Gasteiger partial charge < -0.3 is 10.1 Å². The van der Waals surface area contributed by atoms with E-state index in [9.17, 15) is 22.8 Å². The molecule has 0 atom stereocenters. The second-order valence-electron chi connectivity index (χ2n) is 8.79. The number of carbonyl (C=O) groups excluding carboxylic acids is 3. The smallest absolute Gasteiger partial charge is 0.243 e. The lowest BCUT2D eigenvalue weighted by atomic mass is 9.84. The number of benzene rings is 3.